The lowest BCUT2D eigenvalue weighted by atomic mass is 10.1. The molecule has 0 aromatic heterocycles. The van der Waals surface area contributed by atoms with Crippen LogP contribution in [0, 0.1) is 20.8 Å². The molecule has 0 fully saturated rings. The first-order valence-corrected chi connectivity index (χ1v) is 9.06. The smallest absolute Gasteiger partial charge is 0.260 e. The van der Waals surface area contributed by atoms with E-state index in [1.807, 2.05) is 57.2 Å². The topological polar surface area (TPSA) is 58.6 Å². The number of amides is 2. The van der Waals surface area contributed by atoms with Gasteiger partial charge in [-0.3, -0.25) is 9.59 Å². The van der Waals surface area contributed by atoms with Crippen LogP contribution in [0.15, 0.2) is 40.9 Å². The summed E-state index contributed by atoms with van der Waals surface area (Å²) in [6, 6.07) is 11.4. The second-order valence-corrected chi connectivity index (χ2v) is 7.18. The van der Waals surface area contributed by atoms with Crippen LogP contribution >= 0.6 is 15.9 Å². The molecule has 2 aromatic carbocycles. The summed E-state index contributed by atoms with van der Waals surface area (Å²) in [6.45, 7) is 5.64. The van der Waals surface area contributed by atoms with E-state index in [2.05, 4.69) is 21.2 Å². The summed E-state index contributed by atoms with van der Waals surface area (Å²) < 4.78 is 6.60. The average Bonchev–Trinajstić information content (AvgIpc) is 2.56. The maximum atomic E-state index is 12.3. The Bertz CT molecular complexity index is 800. The van der Waals surface area contributed by atoms with Crippen LogP contribution < -0.4 is 10.1 Å². The van der Waals surface area contributed by atoms with Gasteiger partial charge in [0.15, 0.2) is 6.61 Å². The molecule has 6 heteroatoms. The predicted molar refractivity (Wildman–Crippen MR) is 107 cm³/mol. The quantitative estimate of drug-likeness (QED) is 0.774. The zero-order chi connectivity index (χ0) is 19.3. The number of benzene rings is 2. The lowest BCUT2D eigenvalue weighted by molar-refractivity contribution is -0.135. The number of para-hydroxylation sites is 1. The number of nitrogens with one attached hydrogen (secondary N) is 1. The van der Waals surface area contributed by atoms with Crippen LogP contribution in [0.4, 0.5) is 5.69 Å². The molecule has 2 aromatic rings. The summed E-state index contributed by atoms with van der Waals surface area (Å²) in [7, 11) is 1.59. The lowest BCUT2D eigenvalue weighted by Crippen LogP contribution is -2.37. The van der Waals surface area contributed by atoms with Gasteiger partial charge in [0, 0.05) is 17.2 Å². The molecule has 0 heterocycles. The fourth-order valence-corrected chi connectivity index (χ4v) is 3.01. The highest BCUT2D eigenvalue weighted by molar-refractivity contribution is 9.10. The molecule has 0 saturated heterocycles. The molecule has 0 aliphatic heterocycles. The van der Waals surface area contributed by atoms with E-state index in [1.165, 1.54) is 4.90 Å². The molecule has 26 heavy (non-hydrogen) atoms. The van der Waals surface area contributed by atoms with Crippen LogP contribution in [0.1, 0.15) is 16.7 Å². The number of nitrogens with zero attached hydrogens (tertiary/aromatic N) is 1. The van der Waals surface area contributed by atoms with Crippen molar-refractivity contribution in [3.05, 3.63) is 57.6 Å². The van der Waals surface area contributed by atoms with Crippen molar-refractivity contribution in [2.45, 2.75) is 20.8 Å². The van der Waals surface area contributed by atoms with Crippen molar-refractivity contribution in [2.75, 3.05) is 25.5 Å². The van der Waals surface area contributed by atoms with Gasteiger partial charge >= 0.3 is 0 Å². The zero-order valence-corrected chi connectivity index (χ0v) is 17.0. The van der Waals surface area contributed by atoms with Crippen LogP contribution in [-0.2, 0) is 9.59 Å². The molecule has 0 aliphatic carbocycles. The summed E-state index contributed by atoms with van der Waals surface area (Å²) in [5.74, 6) is 0.206. The zero-order valence-electron chi connectivity index (χ0n) is 15.4. The third-order valence-corrected chi connectivity index (χ3v) is 4.51. The highest BCUT2D eigenvalue weighted by Crippen LogP contribution is 2.22. The van der Waals surface area contributed by atoms with Crippen molar-refractivity contribution < 1.29 is 14.3 Å². The highest BCUT2D eigenvalue weighted by Gasteiger charge is 2.15. The molecular formula is C20H23BrN2O3. The summed E-state index contributed by atoms with van der Waals surface area (Å²) in [6.07, 6.45) is 0. The molecule has 138 valence electrons. The van der Waals surface area contributed by atoms with Crippen molar-refractivity contribution in [1.29, 1.82) is 0 Å². The van der Waals surface area contributed by atoms with Crippen molar-refractivity contribution in [3.8, 4) is 5.75 Å². The van der Waals surface area contributed by atoms with Gasteiger partial charge in [-0.2, -0.15) is 0 Å². The summed E-state index contributed by atoms with van der Waals surface area (Å²) in [4.78, 5) is 25.8. The Kier molecular flexibility index (Phi) is 6.80. The second kappa shape index (κ2) is 8.85. The second-order valence-electron chi connectivity index (χ2n) is 6.27. The van der Waals surface area contributed by atoms with Gasteiger partial charge in [-0.1, -0.05) is 34.1 Å². The van der Waals surface area contributed by atoms with Crippen molar-refractivity contribution in [2.24, 2.45) is 0 Å². The van der Waals surface area contributed by atoms with Crippen LogP contribution in [0.25, 0.3) is 0 Å². The molecule has 2 amide bonds. The van der Waals surface area contributed by atoms with Crippen LogP contribution in [-0.4, -0.2) is 36.9 Å². The van der Waals surface area contributed by atoms with E-state index in [-0.39, 0.29) is 25.0 Å². The van der Waals surface area contributed by atoms with E-state index in [1.54, 1.807) is 7.05 Å². The molecule has 0 bridgehead atoms. The number of carbonyl (C=O) groups excluding carboxylic acids is 2. The number of halogens is 1. The minimum Gasteiger partial charge on any atom is -0.483 e. The summed E-state index contributed by atoms with van der Waals surface area (Å²) in [5.41, 5.74) is 3.62. The number of anilines is 1. The summed E-state index contributed by atoms with van der Waals surface area (Å²) in [5, 5.41) is 2.82. The van der Waals surface area contributed by atoms with Gasteiger partial charge in [0.25, 0.3) is 5.91 Å². The molecule has 0 aliphatic rings. The largest absolute Gasteiger partial charge is 0.483 e. The van der Waals surface area contributed by atoms with E-state index in [0.717, 1.165) is 26.9 Å². The fourth-order valence-electron chi connectivity index (χ4n) is 2.53. The Hall–Kier alpha value is -2.34. The first-order chi connectivity index (χ1) is 12.3. The minimum atomic E-state index is -0.254. The minimum absolute atomic E-state index is 0.0373. The molecule has 0 spiro atoms. The fraction of sp³-hybridized carbons (Fsp3) is 0.300. The van der Waals surface area contributed by atoms with E-state index >= 15 is 0 Å². The molecule has 5 nitrogen and oxygen atoms in total. The van der Waals surface area contributed by atoms with E-state index in [9.17, 15) is 9.59 Å². The van der Waals surface area contributed by atoms with Crippen molar-refractivity contribution in [3.63, 3.8) is 0 Å². The van der Waals surface area contributed by atoms with E-state index < -0.39 is 0 Å². The number of carbonyl (C=O) groups is 2. The predicted octanol–water partition coefficient (Wildman–Crippen LogP) is 3.85. The molecule has 0 saturated carbocycles. The number of hydrogen-bond donors (Lipinski definition) is 1. The van der Waals surface area contributed by atoms with Crippen molar-refractivity contribution in [1.82, 2.24) is 4.90 Å². The SMILES string of the molecule is Cc1cc(Br)ccc1NC(=O)CN(C)C(=O)COc1c(C)cccc1C. The molecular weight excluding hydrogens is 396 g/mol. The number of rotatable bonds is 6. The summed E-state index contributed by atoms with van der Waals surface area (Å²) >= 11 is 3.39. The Balaban J connectivity index is 1.89. The Morgan fingerprint density at radius 2 is 1.73 bits per heavy atom. The molecule has 1 N–H and O–H groups in total. The maximum Gasteiger partial charge on any atom is 0.260 e. The Morgan fingerprint density at radius 3 is 2.35 bits per heavy atom. The first-order valence-electron chi connectivity index (χ1n) is 8.27. The van der Waals surface area contributed by atoms with Crippen molar-refractivity contribution >= 4 is 33.4 Å². The maximum absolute atomic E-state index is 12.3. The Labute approximate surface area is 162 Å². The van der Waals surface area contributed by atoms with Crippen LogP contribution in [0.5, 0.6) is 5.75 Å². The lowest BCUT2D eigenvalue weighted by Gasteiger charge is -2.18. The standard InChI is InChI=1S/C20H23BrN2O3/c1-13-6-5-7-14(2)20(13)26-12-19(25)23(4)11-18(24)22-17-9-8-16(21)10-15(17)3/h5-10H,11-12H2,1-4H3,(H,22,24). The first kappa shape index (κ1) is 20.0. The van der Waals surface area contributed by atoms with Crippen LogP contribution in [0.3, 0.4) is 0 Å². The van der Waals surface area contributed by atoms with Gasteiger partial charge in [0.2, 0.25) is 5.91 Å². The highest BCUT2D eigenvalue weighted by atomic mass is 79.9. The monoisotopic (exact) mass is 418 g/mol. The Morgan fingerprint density at radius 1 is 1.08 bits per heavy atom. The third-order valence-electron chi connectivity index (χ3n) is 4.02. The van der Waals surface area contributed by atoms with Gasteiger partial charge in [0.1, 0.15) is 5.75 Å². The van der Waals surface area contributed by atoms with E-state index in [0.29, 0.717) is 5.75 Å². The van der Waals surface area contributed by atoms with Gasteiger partial charge in [-0.05, 0) is 55.7 Å². The van der Waals surface area contributed by atoms with Gasteiger partial charge in [-0.15, -0.1) is 0 Å². The van der Waals surface area contributed by atoms with Gasteiger partial charge < -0.3 is 15.0 Å². The molecule has 0 atom stereocenters. The number of ether oxygens (including phenoxy) is 1. The number of likely N-dealkylation sites (N-methyl/N-ethyl adjacent to an activating group) is 1. The molecule has 0 unspecified atom stereocenters. The van der Waals surface area contributed by atoms with Gasteiger partial charge in [-0.25, -0.2) is 0 Å². The van der Waals surface area contributed by atoms with Crippen LogP contribution in [0.2, 0.25) is 0 Å². The number of aryl methyl sites for hydroxylation is 3. The number of hydrogen-bond acceptors (Lipinski definition) is 3. The normalized spacial score (nSPS) is 10.3. The average molecular weight is 419 g/mol. The van der Waals surface area contributed by atoms with Gasteiger partial charge in [0.05, 0.1) is 6.54 Å². The third kappa shape index (κ3) is 5.33. The molecule has 2 rings (SSSR count). The van der Waals surface area contributed by atoms with E-state index in [4.69, 9.17) is 4.74 Å². The molecule has 0 radical (unpaired) electrons.